The van der Waals surface area contributed by atoms with Gasteiger partial charge in [-0.25, -0.2) is 0 Å². The first-order valence-corrected chi connectivity index (χ1v) is 7.25. The standard InChI is InChI=1S/C16H24N2O/c1-12-7-9-13(10-8-12)11-16(19)18-15-6-4-2-3-5-14(15)17/h7-10,14-15H,2-6,11,17H2,1H3,(H,18,19). The summed E-state index contributed by atoms with van der Waals surface area (Å²) in [6, 6.07) is 8.38. The molecule has 1 aromatic rings. The smallest absolute Gasteiger partial charge is 0.224 e. The summed E-state index contributed by atoms with van der Waals surface area (Å²) in [7, 11) is 0. The average Bonchev–Trinajstić information content (AvgIpc) is 2.58. The minimum Gasteiger partial charge on any atom is -0.352 e. The summed E-state index contributed by atoms with van der Waals surface area (Å²) >= 11 is 0. The van der Waals surface area contributed by atoms with Crippen LogP contribution in [0.1, 0.15) is 43.2 Å². The molecule has 0 radical (unpaired) electrons. The number of rotatable bonds is 3. The van der Waals surface area contributed by atoms with Gasteiger partial charge in [0.25, 0.3) is 0 Å². The zero-order chi connectivity index (χ0) is 13.7. The molecule has 1 aliphatic carbocycles. The number of aryl methyl sites for hydroxylation is 1. The van der Waals surface area contributed by atoms with Crippen LogP contribution in [0.15, 0.2) is 24.3 Å². The summed E-state index contributed by atoms with van der Waals surface area (Å²) in [5.41, 5.74) is 8.40. The molecule has 0 saturated heterocycles. The molecule has 2 atom stereocenters. The predicted octanol–water partition coefficient (Wildman–Crippen LogP) is 2.31. The molecule has 0 spiro atoms. The highest BCUT2D eigenvalue weighted by Gasteiger charge is 2.21. The maximum Gasteiger partial charge on any atom is 0.224 e. The van der Waals surface area contributed by atoms with Crippen molar-refractivity contribution in [3.05, 3.63) is 35.4 Å². The van der Waals surface area contributed by atoms with Crippen molar-refractivity contribution in [1.29, 1.82) is 0 Å². The normalized spacial score (nSPS) is 23.7. The highest BCUT2D eigenvalue weighted by atomic mass is 16.1. The molecule has 3 N–H and O–H groups in total. The van der Waals surface area contributed by atoms with E-state index in [9.17, 15) is 4.79 Å². The van der Waals surface area contributed by atoms with Crippen molar-refractivity contribution in [3.8, 4) is 0 Å². The summed E-state index contributed by atoms with van der Waals surface area (Å²) in [6.07, 6.45) is 6.08. The van der Waals surface area contributed by atoms with Gasteiger partial charge in [-0.05, 0) is 25.3 Å². The third kappa shape index (κ3) is 4.35. The SMILES string of the molecule is Cc1ccc(CC(=O)NC2CCCCCC2N)cc1. The fourth-order valence-electron chi connectivity index (χ4n) is 2.66. The maximum atomic E-state index is 12.1. The molecular formula is C16H24N2O. The van der Waals surface area contributed by atoms with Crippen LogP contribution in [-0.4, -0.2) is 18.0 Å². The fraction of sp³-hybridized carbons (Fsp3) is 0.562. The second-order valence-corrected chi connectivity index (χ2v) is 5.64. The Labute approximate surface area is 115 Å². The number of nitrogens with one attached hydrogen (secondary N) is 1. The van der Waals surface area contributed by atoms with Crippen LogP contribution in [0.25, 0.3) is 0 Å². The number of benzene rings is 1. The number of amides is 1. The number of carbonyl (C=O) groups excluding carboxylic acids is 1. The molecule has 1 saturated carbocycles. The van der Waals surface area contributed by atoms with Gasteiger partial charge in [-0.3, -0.25) is 4.79 Å². The predicted molar refractivity (Wildman–Crippen MR) is 77.9 cm³/mol. The number of carbonyl (C=O) groups is 1. The summed E-state index contributed by atoms with van der Waals surface area (Å²) < 4.78 is 0. The Kier molecular flexibility index (Phi) is 4.97. The second-order valence-electron chi connectivity index (χ2n) is 5.64. The summed E-state index contributed by atoms with van der Waals surface area (Å²) in [5.74, 6) is 0.0891. The van der Waals surface area contributed by atoms with Gasteiger partial charge in [0.1, 0.15) is 0 Å². The third-order valence-electron chi connectivity index (χ3n) is 3.90. The van der Waals surface area contributed by atoms with Crippen molar-refractivity contribution in [2.75, 3.05) is 0 Å². The van der Waals surface area contributed by atoms with E-state index in [1.165, 1.54) is 24.8 Å². The minimum atomic E-state index is 0.0891. The van der Waals surface area contributed by atoms with Crippen LogP contribution < -0.4 is 11.1 Å². The maximum absolute atomic E-state index is 12.1. The highest BCUT2D eigenvalue weighted by Crippen LogP contribution is 2.17. The van der Waals surface area contributed by atoms with Crippen molar-refractivity contribution in [2.24, 2.45) is 5.73 Å². The first-order chi connectivity index (χ1) is 9.15. The van der Waals surface area contributed by atoms with Gasteiger partial charge in [0.05, 0.1) is 6.42 Å². The Hall–Kier alpha value is -1.35. The minimum absolute atomic E-state index is 0.0891. The van der Waals surface area contributed by atoms with E-state index in [1.54, 1.807) is 0 Å². The molecule has 104 valence electrons. The van der Waals surface area contributed by atoms with Gasteiger partial charge in [0.2, 0.25) is 5.91 Å². The molecule has 0 aromatic heterocycles. The van der Waals surface area contributed by atoms with Crippen LogP contribution >= 0.6 is 0 Å². The van der Waals surface area contributed by atoms with E-state index >= 15 is 0 Å². The van der Waals surface area contributed by atoms with Gasteiger partial charge >= 0.3 is 0 Å². The van der Waals surface area contributed by atoms with Crippen LogP contribution in [-0.2, 0) is 11.2 Å². The number of hydrogen-bond acceptors (Lipinski definition) is 2. The van der Waals surface area contributed by atoms with Crippen LogP contribution in [0.4, 0.5) is 0 Å². The zero-order valence-corrected chi connectivity index (χ0v) is 11.7. The Bertz CT molecular complexity index is 413. The first-order valence-electron chi connectivity index (χ1n) is 7.25. The van der Waals surface area contributed by atoms with E-state index in [-0.39, 0.29) is 18.0 Å². The molecule has 1 aliphatic rings. The van der Waals surface area contributed by atoms with Crippen LogP contribution in [0.2, 0.25) is 0 Å². The van der Waals surface area contributed by atoms with E-state index in [2.05, 4.69) is 5.32 Å². The highest BCUT2D eigenvalue weighted by molar-refractivity contribution is 5.78. The van der Waals surface area contributed by atoms with Crippen LogP contribution in [0.3, 0.4) is 0 Å². The summed E-state index contributed by atoms with van der Waals surface area (Å²) in [4.78, 5) is 12.1. The first kappa shape index (κ1) is 14.1. The topological polar surface area (TPSA) is 55.1 Å². The van der Waals surface area contributed by atoms with Gasteiger partial charge < -0.3 is 11.1 Å². The van der Waals surface area contributed by atoms with Crippen LogP contribution in [0, 0.1) is 6.92 Å². The van der Waals surface area contributed by atoms with Crippen LogP contribution in [0.5, 0.6) is 0 Å². The lowest BCUT2D eigenvalue weighted by Crippen LogP contribution is -2.47. The van der Waals surface area contributed by atoms with Crippen molar-refractivity contribution in [1.82, 2.24) is 5.32 Å². The van der Waals surface area contributed by atoms with Gasteiger partial charge in [0, 0.05) is 12.1 Å². The Morgan fingerprint density at radius 3 is 2.63 bits per heavy atom. The molecule has 2 unspecified atom stereocenters. The number of nitrogens with two attached hydrogens (primary N) is 1. The van der Waals surface area contributed by atoms with Gasteiger partial charge in [-0.2, -0.15) is 0 Å². The Morgan fingerprint density at radius 1 is 1.21 bits per heavy atom. The molecule has 19 heavy (non-hydrogen) atoms. The van der Waals surface area contributed by atoms with E-state index in [0.717, 1.165) is 18.4 Å². The lowest BCUT2D eigenvalue weighted by Gasteiger charge is -2.22. The van der Waals surface area contributed by atoms with Gasteiger partial charge in [-0.1, -0.05) is 49.1 Å². The molecule has 3 nitrogen and oxygen atoms in total. The van der Waals surface area contributed by atoms with E-state index < -0.39 is 0 Å². The molecule has 1 aromatic carbocycles. The molecule has 1 amide bonds. The molecule has 1 fully saturated rings. The molecule has 0 heterocycles. The fourth-order valence-corrected chi connectivity index (χ4v) is 2.66. The van der Waals surface area contributed by atoms with Crippen molar-refractivity contribution >= 4 is 5.91 Å². The monoisotopic (exact) mass is 260 g/mol. The Morgan fingerprint density at radius 2 is 1.89 bits per heavy atom. The lowest BCUT2D eigenvalue weighted by atomic mass is 10.0. The number of hydrogen-bond donors (Lipinski definition) is 2. The molecule has 0 aliphatic heterocycles. The summed E-state index contributed by atoms with van der Waals surface area (Å²) in [6.45, 7) is 2.05. The molecular weight excluding hydrogens is 236 g/mol. The van der Waals surface area contributed by atoms with Crippen molar-refractivity contribution < 1.29 is 4.79 Å². The second kappa shape index (κ2) is 6.71. The average molecular weight is 260 g/mol. The summed E-state index contributed by atoms with van der Waals surface area (Å²) in [5, 5.41) is 3.11. The molecule has 2 rings (SSSR count). The van der Waals surface area contributed by atoms with E-state index in [4.69, 9.17) is 5.73 Å². The quantitative estimate of drug-likeness (QED) is 0.819. The van der Waals surface area contributed by atoms with Crippen molar-refractivity contribution in [3.63, 3.8) is 0 Å². The zero-order valence-electron chi connectivity index (χ0n) is 11.7. The largest absolute Gasteiger partial charge is 0.352 e. The Balaban J connectivity index is 1.87. The van der Waals surface area contributed by atoms with Crippen molar-refractivity contribution in [2.45, 2.75) is 57.5 Å². The lowest BCUT2D eigenvalue weighted by molar-refractivity contribution is -0.121. The van der Waals surface area contributed by atoms with Gasteiger partial charge in [0.15, 0.2) is 0 Å². The third-order valence-corrected chi connectivity index (χ3v) is 3.90. The van der Waals surface area contributed by atoms with E-state index in [0.29, 0.717) is 6.42 Å². The van der Waals surface area contributed by atoms with Gasteiger partial charge in [-0.15, -0.1) is 0 Å². The molecule has 3 heteroatoms. The molecule has 0 bridgehead atoms. The van der Waals surface area contributed by atoms with E-state index in [1.807, 2.05) is 31.2 Å².